The molecule has 1 aromatic carbocycles. The minimum Gasteiger partial charge on any atom is -0.314 e. The molecule has 1 aliphatic carbocycles. The maximum absolute atomic E-state index is 3.92. The van der Waals surface area contributed by atoms with Crippen molar-refractivity contribution < 1.29 is 0 Å². The first kappa shape index (κ1) is 21.5. The molecule has 0 aliphatic heterocycles. The van der Waals surface area contributed by atoms with Crippen LogP contribution < -0.4 is 5.32 Å². The standard InChI is InChI=1S/C25H43N/c1-21(2)17-18-24(20-26-25-15-8-5-9-16-25)14-10-11-22(3)19-23-12-6-4-7-13-23/h4,6-7,12-13,21-22,24-26H,5,8-11,14-20H2,1-3H3. The highest BCUT2D eigenvalue weighted by molar-refractivity contribution is 5.14. The third-order valence-corrected chi connectivity index (χ3v) is 6.19. The molecule has 1 fully saturated rings. The van der Waals surface area contributed by atoms with E-state index in [0.29, 0.717) is 0 Å². The normalized spacial score (nSPS) is 18.2. The molecule has 1 saturated carbocycles. The highest BCUT2D eigenvalue weighted by Crippen LogP contribution is 2.23. The van der Waals surface area contributed by atoms with E-state index < -0.39 is 0 Å². The van der Waals surface area contributed by atoms with Crippen molar-refractivity contribution >= 4 is 0 Å². The Bertz CT molecular complexity index is 446. The van der Waals surface area contributed by atoms with Gasteiger partial charge in [0.2, 0.25) is 0 Å². The van der Waals surface area contributed by atoms with Crippen LogP contribution in [0.25, 0.3) is 0 Å². The predicted molar refractivity (Wildman–Crippen MR) is 116 cm³/mol. The first-order chi connectivity index (χ1) is 12.6. The molecule has 0 spiro atoms. The van der Waals surface area contributed by atoms with Crippen LogP contribution in [-0.4, -0.2) is 12.6 Å². The van der Waals surface area contributed by atoms with E-state index in [0.717, 1.165) is 23.8 Å². The molecule has 0 aromatic heterocycles. The zero-order valence-electron chi connectivity index (χ0n) is 17.7. The monoisotopic (exact) mass is 357 g/mol. The molecular weight excluding hydrogens is 314 g/mol. The van der Waals surface area contributed by atoms with Gasteiger partial charge in [-0.15, -0.1) is 0 Å². The average Bonchev–Trinajstić information content (AvgIpc) is 2.65. The summed E-state index contributed by atoms with van der Waals surface area (Å²) >= 11 is 0. The van der Waals surface area contributed by atoms with E-state index in [1.807, 2.05) is 0 Å². The second-order valence-corrected chi connectivity index (χ2v) is 9.31. The molecule has 148 valence electrons. The van der Waals surface area contributed by atoms with E-state index in [4.69, 9.17) is 0 Å². The molecule has 1 N–H and O–H groups in total. The molecule has 1 heteroatoms. The highest BCUT2D eigenvalue weighted by atomic mass is 14.9. The summed E-state index contributed by atoms with van der Waals surface area (Å²) in [5.74, 6) is 2.52. The molecule has 26 heavy (non-hydrogen) atoms. The number of hydrogen-bond acceptors (Lipinski definition) is 1. The van der Waals surface area contributed by atoms with Crippen LogP contribution in [0.15, 0.2) is 30.3 Å². The summed E-state index contributed by atoms with van der Waals surface area (Å²) in [6.45, 7) is 8.42. The van der Waals surface area contributed by atoms with Crippen LogP contribution in [0.3, 0.4) is 0 Å². The molecule has 1 aliphatic rings. The van der Waals surface area contributed by atoms with Crippen molar-refractivity contribution in [2.24, 2.45) is 17.8 Å². The van der Waals surface area contributed by atoms with E-state index in [2.05, 4.69) is 56.4 Å². The fourth-order valence-electron chi connectivity index (χ4n) is 4.43. The Hall–Kier alpha value is -0.820. The van der Waals surface area contributed by atoms with Gasteiger partial charge in [0.15, 0.2) is 0 Å². The summed E-state index contributed by atoms with van der Waals surface area (Å²) in [7, 11) is 0. The van der Waals surface area contributed by atoms with Gasteiger partial charge in [-0.2, -0.15) is 0 Å². The van der Waals surface area contributed by atoms with Gasteiger partial charge in [-0.05, 0) is 62.0 Å². The second-order valence-electron chi connectivity index (χ2n) is 9.31. The van der Waals surface area contributed by atoms with Crippen LogP contribution in [-0.2, 0) is 6.42 Å². The minimum absolute atomic E-state index is 0.800. The van der Waals surface area contributed by atoms with E-state index in [9.17, 15) is 0 Å². The van der Waals surface area contributed by atoms with Gasteiger partial charge in [0.1, 0.15) is 0 Å². The number of rotatable bonds is 12. The summed E-state index contributed by atoms with van der Waals surface area (Å²) in [6, 6.07) is 11.8. The van der Waals surface area contributed by atoms with Gasteiger partial charge < -0.3 is 5.32 Å². The van der Waals surface area contributed by atoms with Crippen LogP contribution >= 0.6 is 0 Å². The van der Waals surface area contributed by atoms with Crippen LogP contribution in [0.2, 0.25) is 0 Å². The quantitative estimate of drug-likeness (QED) is 0.424. The third kappa shape index (κ3) is 9.21. The van der Waals surface area contributed by atoms with Gasteiger partial charge in [-0.25, -0.2) is 0 Å². The smallest absolute Gasteiger partial charge is 0.00671 e. The van der Waals surface area contributed by atoms with Gasteiger partial charge >= 0.3 is 0 Å². The number of hydrogen-bond donors (Lipinski definition) is 1. The van der Waals surface area contributed by atoms with Crippen molar-refractivity contribution in [3.63, 3.8) is 0 Å². The van der Waals surface area contributed by atoms with Gasteiger partial charge in [-0.3, -0.25) is 0 Å². The van der Waals surface area contributed by atoms with Crippen molar-refractivity contribution in [1.82, 2.24) is 5.32 Å². The average molecular weight is 358 g/mol. The van der Waals surface area contributed by atoms with E-state index >= 15 is 0 Å². The number of benzene rings is 1. The molecule has 1 aromatic rings. The summed E-state index contributed by atoms with van der Waals surface area (Å²) in [5.41, 5.74) is 1.50. The lowest BCUT2D eigenvalue weighted by atomic mass is 9.89. The van der Waals surface area contributed by atoms with Gasteiger partial charge in [0, 0.05) is 6.04 Å². The Morgan fingerprint density at radius 1 is 0.885 bits per heavy atom. The fourth-order valence-corrected chi connectivity index (χ4v) is 4.43. The largest absolute Gasteiger partial charge is 0.314 e. The highest BCUT2D eigenvalue weighted by Gasteiger charge is 2.16. The second kappa shape index (κ2) is 12.5. The van der Waals surface area contributed by atoms with E-state index in [-0.39, 0.29) is 0 Å². The molecule has 2 rings (SSSR count). The molecule has 0 heterocycles. The van der Waals surface area contributed by atoms with Crippen molar-refractivity contribution in [1.29, 1.82) is 0 Å². The molecule has 1 nitrogen and oxygen atoms in total. The van der Waals surface area contributed by atoms with Crippen LogP contribution in [0.4, 0.5) is 0 Å². The summed E-state index contributed by atoms with van der Waals surface area (Å²) in [5, 5.41) is 3.92. The molecule has 0 bridgehead atoms. The molecule has 2 atom stereocenters. The Morgan fingerprint density at radius 3 is 2.31 bits per heavy atom. The lowest BCUT2D eigenvalue weighted by molar-refractivity contribution is 0.310. The van der Waals surface area contributed by atoms with Crippen molar-refractivity contribution in [3.8, 4) is 0 Å². The first-order valence-electron chi connectivity index (χ1n) is 11.4. The summed E-state index contributed by atoms with van der Waals surface area (Å²) < 4.78 is 0. The topological polar surface area (TPSA) is 12.0 Å². The Balaban J connectivity index is 1.68. The zero-order chi connectivity index (χ0) is 18.6. The van der Waals surface area contributed by atoms with E-state index in [1.54, 1.807) is 0 Å². The van der Waals surface area contributed by atoms with Crippen LogP contribution in [0, 0.1) is 17.8 Å². The SMILES string of the molecule is CC(C)CCC(CCCC(C)Cc1ccccc1)CNC1CCCCC1. The van der Waals surface area contributed by atoms with Crippen molar-refractivity contribution in [2.45, 2.75) is 97.4 Å². The lowest BCUT2D eigenvalue weighted by Gasteiger charge is -2.26. The molecule has 0 saturated heterocycles. The van der Waals surface area contributed by atoms with Crippen molar-refractivity contribution in [3.05, 3.63) is 35.9 Å². The lowest BCUT2D eigenvalue weighted by Crippen LogP contribution is -2.35. The molecule has 2 unspecified atom stereocenters. The Morgan fingerprint density at radius 2 is 1.62 bits per heavy atom. The Labute approximate surface area is 163 Å². The molecule has 0 radical (unpaired) electrons. The zero-order valence-corrected chi connectivity index (χ0v) is 17.7. The predicted octanol–water partition coefficient (Wildman–Crippen LogP) is 7.01. The molecule has 0 amide bonds. The van der Waals surface area contributed by atoms with Gasteiger partial charge in [-0.1, -0.05) is 89.6 Å². The summed E-state index contributed by atoms with van der Waals surface area (Å²) in [6.07, 6.45) is 15.3. The van der Waals surface area contributed by atoms with Gasteiger partial charge in [0.25, 0.3) is 0 Å². The van der Waals surface area contributed by atoms with Crippen molar-refractivity contribution in [2.75, 3.05) is 6.54 Å². The van der Waals surface area contributed by atoms with Gasteiger partial charge in [0.05, 0.1) is 0 Å². The summed E-state index contributed by atoms with van der Waals surface area (Å²) in [4.78, 5) is 0. The number of nitrogens with one attached hydrogen (secondary N) is 1. The maximum Gasteiger partial charge on any atom is 0.00671 e. The maximum atomic E-state index is 3.92. The fraction of sp³-hybridized carbons (Fsp3) is 0.760. The van der Waals surface area contributed by atoms with Crippen LogP contribution in [0.1, 0.15) is 90.5 Å². The Kier molecular flexibility index (Phi) is 10.4. The minimum atomic E-state index is 0.800. The van der Waals surface area contributed by atoms with E-state index in [1.165, 1.54) is 82.7 Å². The molecular formula is C25H43N. The first-order valence-corrected chi connectivity index (χ1v) is 11.4. The van der Waals surface area contributed by atoms with Crippen LogP contribution in [0.5, 0.6) is 0 Å². The third-order valence-electron chi connectivity index (χ3n) is 6.19.